The van der Waals surface area contributed by atoms with Gasteiger partial charge < -0.3 is 10.2 Å². The Morgan fingerprint density at radius 2 is 1.95 bits per heavy atom. The molecule has 1 aliphatic rings. The van der Waals surface area contributed by atoms with Crippen LogP contribution in [-0.4, -0.2) is 31.1 Å². The fraction of sp³-hybridized carbons (Fsp3) is 0.625. The number of anilines is 1. The highest BCUT2D eigenvalue weighted by molar-refractivity contribution is 7.99. The van der Waals surface area contributed by atoms with E-state index in [1.54, 1.807) is 0 Å². The van der Waals surface area contributed by atoms with Crippen LogP contribution in [0.4, 0.5) is 5.69 Å². The Balaban J connectivity index is 2.04. The van der Waals surface area contributed by atoms with E-state index in [0.717, 1.165) is 13.0 Å². The van der Waals surface area contributed by atoms with E-state index in [2.05, 4.69) is 60.1 Å². The van der Waals surface area contributed by atoms with Gasteiger partial charge in [0.1, 0.15) is 0 Å². The molecule has 1 fully saturated rings. The van der Waals surface area contributed by atoms with E-state index in [1.807, 2.05) is 0 Å². The van der Waals surface area contributed by atoms with Crippen LogP contribution in [0.25, 0.3) is 0 Å². The summed E-state index contributed by atoms with van der Waals surface area (Å²) in [7, 11) is 0. The maximum absolute atomic E-state index is 3.54. The highest BCUT2D eigenvalue weighted by Gasteiger charge is 2.11. The van der Waals surface area contributed by atoms with E-state index in [0.29, 0.717) is 6.04 Å². The van der Waals surface area contributed by atoms with Crippen molar-refractivity contribution in [2.75, 3.05) is 36.0 Å². The fourth-order valence-electron chi connectivity index (χ4n) is 2.67. The lowest BCUT2D eigenvalue weighted by Gasteiger charge is -2.23. The molecule has 0 saturated carbocycles. The SMILES string of the molecule is CCNC(CC)c1ccc(N2CCCSCC2)cc1. The molecule has 0 aromatic heterocycles. The quantitative estimate of drug-likeness (QED) is 0.884. The summed E-state index contributed by atoms with van der Waals surface area (Å²) in [5, 5.41) is 3.54. The highest BCUT2D eigenvalue weighted by Crippen LogP contribution is 2.23. The van der Waals surface area contributed by atoms with Crippen LogP contribution in [-0.2, 0) is 0 Å². The van der Waals surface area contributed by atoms with E-state index in [4.69, 9.17) is 0 Å². The van der Waals surface area contributed by atoms with Gasteiger partial charge in [-0.25, -0.2) is 0 Å². The molecule has 2 rings (SSSR count). The zero-order valence-electron chi connectivity index (χ0n) is 12.2. The molecule has 0 aliphatic carbocycles. The van der Waals surface area contributed by atoms with Gasteiger partial charge in [0.25, 0.3) is 0 Å². The minimum atomic E-state index is 0.499. The second-order valence-corrected chi connectivity index (χ2v) is 6.29. The van der Waals surface area contributed by atoms with Crippen molar-refractivity contribution >= 4 is 17.4 Å². The second kappa shape index (κ2) is 7.81. The standard InChI is InChI=1S/C16H26N2S/c1-3-16(17-4-2)14-6-8-15(9-7-14)18-10-5-12-19-13-11-18/h6-9,16-17H,3-5,10-13H2,1-2H3. The number of nitrogens with one attached hydrogen (secondary N) is 1. The number of hydrogen-bond acceptors (Lipinski definition) is 3. The van der Waals surface area contributed by atoms with Gasteiger partial charge in [-0.15, -0.1) is 0 Å². The van der Waals surface area contributed by atoms with Gasteiger partial charge in [0.15, 0.2) is 0 Å². The van der Waals surface area contributed by atoms with Crippen LogP contribution in [0.2, 0.25) is 0 Å². The molecule has 1 aliphatic heterocycles. The first kappa shape index (κ1) is 14.7. The van der Waals surface area contributed by atoms with E-state index < -0.39 is 0 Å². The summed E-state index contributed by atoms with van der Waals surface area (Å²) in [5.41, 5.74) is 2.80. The lowest BCUT2D eigenvalue weighted by Crippen LogP contribution is -2.25. The Bertz CT molecular complexity index is 356. The number of thioether (sulfide) groups is 1. The Morgan fingerprint density at radius 3 is 2.63 bits per heavy atom. The van der Waals surface area contributed by atoms with Crippen LogP contribution in [0.3, 0.4) is 0 Å². The van der Waals surface area contributed by atoms with Crippen molar-refractivity contribution in [3.63, 3.8) is 0 Å². The molecule has 1 N–H and O–H groups in total. The van der Waals surface area contributed by atoms with Crippen molar-refractivity contribution in [2.24, 2.45) is 0 Å². The molecular weight excluding hydrogens is 252 g/mol. The van der Waals surface area contributed by atoms with Crippen LogP contribution in [0.5, 0.6) is 0 Å². The Morgan fingerprint density at radius 1 is 1.16 bits per heavy atom. The predicted molar refractivity (Wildman–Crippen MR) is 87.3 cm³/mol. The van der Waals surface area contributed by atoms with Crippen LogP contribution in [0.1, 0.15) is 38.3 Å². The molecule has 1 heterocycles. The zero-order valence-corrected chi connectivity index (χ0v) is 13.0. The van der Waals surface area contributed by atoms with Gasteiger partial charge in [0, 0.05) is 30.6 Å². The average molecular weight is 278 g/mol. The van der Waals surface area contributed by atoms with Crippen molar-refractivity contribution in [1.29, 1.82) is 0 Å². The molecule has 19 heavy (non-hydrogen) atoms. The molecule has 3 heteroatoms. The van der Waals surface area contributed by atoms with Crippen LogP contribution < -0.4 is 10.2 Å². The van der Waals surface area contributed by atoms with Gasteiger partial charge >= 0.3 is 0 Å². The summed E-state index contributed by atoms with van der Waals surface area (Å²) in [6.07, 6.45) is 2.45. The van der Waals surface area contributed by atoms with Crippen LogP contribution in [0.15, 0.2) is 24.3 Å². The molecule has 106 valence electrons. The second-order valence-electron chi connectivity index (χ2n) is 5.06. The average Bonchev–Trinajstić information content (AvgIpc) is 2.74. The molecule has 0 radical (unpaired) electrons. The zero-order chi connectivity index (χ0) is 13.5. The van der Waals surface area contributed by atoms with E-state index >= 15 is 0 Å². The molecule has 1 aromatic carbocycles. The number of benzene rings is 1. The predicted octanol–water partition coefficient (Wildman–Crippen LogP) is 3.69. The first-order valence-corrected chi connectivity index (χ1v) is 8.66. The van der Waals surface area contributed by atoms with Gasteiger partial charge in [0.05, 0.1) is 0 Å². The van der Waals surface area contributed by atoms with Crippen molar-refractivity contribution in [3.05, 3.63) is 29.8 Å². The van der Waals surface area contributed by atoms with E-state index in [9.17, 15) is 0 Å². The summed E-state index contributed by atoms with van der Waals surface area (Å²) in [5.74, 6) is 2.57. The number of hydrogen-bond donors (Lipinski definition) is 1. The lowest BCUT2D eigenvalue weighted by molar-refractivity contribution is 0.537. The van der Waals surface area contributed by atoms with Crippen molar-refractivity contribution < 1.29 is 0 Å². The number of nitrogens with zero attached hydrogens (tertiary/aromatic N) is 1. The van der Waals surface area contributed by atoms with Gasteiger partial charge in [-0.1, -0.05) is 26.0 Å². The topological polar surface area (TPSA) is 15.3 Å². The molecule has 0 amide bonds. The highest BCUT2D eigenvalue weighted by atomic mass is 32.2. The van der Waals surface area contributed by atoms with Crippen molar-refractivity contribution in [1.82, 2.24) is 5.32 Å². The van der Waals surface area contributed by atoms with E-state index in [-0.39, 0.29) is 0 Å². The third-order valence-electron chi connectivity index (χ3n) is 3.74. The molecule has 1 saturated heterocycles. The minimum absolute atomic E-state index is 0.499. The fourth-order valence-corrected chi connectivity index (χ4v) is 3.55. The smallest absolute Gasteiger partial charge is 0.0366 e. The van der Waals surface area contributed by atoms with Crippen LogP contribution in [0, 0.1) is 0 Å². The monoisotopic (exact) mass is 278 g/mol. The summed E-state index contributed by atoms with van der Waals surface area (Å²) >= 11 is 2.08. The largest absolute Gasteiger partial charge is 0.371 e. The molecule has 2 nitrogen and oxygen atoms in total. The maximum atomic E-state index is 3.54. The van der Waals surface area contributed by atoms with Gasteiger partial charge in [-0.05, 0) is 42.8 Å². The summed E-state index contributed by atoms with van der Waals surface area (Å²) in [6, 6.07) is 9.68. The van der Waals surface area contributed by atoms with Gasteiger partial charge in [0.2, 0.25) is 0 Å². The Labute approximate surface area is 122 Å². The first-order valence-electron chi connectivity index (χ1n) is 7.51. The maximum Gasteiger partial charge on any atom is 0.0366 e. The molecule has 0 bridgehead atoms. The lowest BCUT2D eigenvalue weighted by atomic mass is 10.0. The summed E-state index contributed by atoms with van der Waals surface area (Å²) in [6.45, 7) is 7.84. The molecule has 0 spiro atoms. The summed E-state index contributed by atoms with van der Waals surface area (Å²) in [4.78, 5) is 2.53. The molecule has 1 unspecified atom stereocenters. The van der Waals surface area contributed by atoms with Crippen molar-refractivity contribution in [3.8, 4) is 0 Å². The Kier molecular flexibility index (Phi) is 6.05. The third-order valence-corrected chi connectivity index (χ3v) is 4.79. The Hall–Kier alpha value is -0.670. The van der Waals surface area contributed by atoms with E-state index in [1.165, 1.54) is 42.3 Å². The van der Waals surface area contributed by atoms with Gasteiger partial charge in [-0.2, -0.15) is 11.8 Å². The van der Waals surface area contributed by atoms with Gasteiger partial charge in [-0.3, -0.25) is 0 Å². The normalized spacial score (nSPS) is 18.1. The molecule has 1 aromatic rings. The molecular formula is C16H26N2S. The number of rotatable bonds is 5. The third kappa shape index (κ3) is 4.15. The van der Waals surface area contributed by atoms with Crippen molar-refractivity contribution in [2.45, 2.75) is 32.7 Å². The summed E-state index contributed by atoms with van der Waals surface area (Å²) < 4.78 is 0. The molecule has 1 atom stereocenters. The first-order chi connectivity index (χ1) is 9.35. The van der Waals surface area contributed by atoms with Crippen LogP contribution >= 0.6 is 11.8 Å². The minimum Gasteiger partial charge on any atom is -0.371 e.